The predicted molar refractivity (Wildman–Crippen MR) is 57.3 cm³/mol. The standard InChI is InChI=1S/C8H10BrCl3/c9-7-4-2-1-3-5(7)6(4)8(10,11)12/h4-7H,1-3H2/t4-,5-,6?,7?/m1/s1. The third kappa shape index (κ3) is 1.41. The Morgan fingerprint density at radius 1 is 1.08 bits per heavy atom. The molecule has 12 heavy (non-hydrogen) atoms. The Balaban J connectivity index is 2.12. The molecule has 3 rings (SSSR count). The van der Waals surface area contributed by atoms with Crippen molar-refractivity contribution in [1.29, 1.82) is 0 Å². The quantitative estimate of drug-likeness (QED) is 0.588. The van der Waals surface area contributed by atoms with Crippen LogP contribution in [0.2, 0.25) is 0 Å². The average Bonchev–Trinajstić information content (AvgIpc) is 2.01. The normalized spacial score (nSPS) is 47.0. The van der Waals surface area contributed by atoms with Gasteiger partial charge in [0.05, 0.1) is 0 Å². The molecule has 0 aromatic heterocycles. The maximum Gasteiger partial charge on any atom is 0.194 e. The van der Waals surface area contributed by atoms with Gasteiger partial charge in [0.15, 0.2) is 3.79 Å². The van der Waals surface area contributed by atoms with Crippen LogP contribution in [-0.4, -0.2) is 8.62 Å². The molecule has 70 valence electrons. The van der Waals surface area contributed by atoms with Gasteiger partial charge in [0.2, 0.25) is 0 Å². The van der Waals surface area contributed by atoms with Crippen LogP contribution in [0.3, 0.4) is 0 Å². The third-order valence-electron chi connectivity index (χ3n) is 3.19. The number of rotatable bonds is 0. The molecule has 0 unspecified atom stereocenters. The van der Waals surface area contributed by atoms with Crippen molar-refractivity contribution in [3.63, 3.8) is 0 Å². The van der Waals surface area contributed by atoms with Gasteiger partial charge < -0.3 is 0 Å². The molecule has 3 fully saturated rings. The lowest BCUT2D eigenvalue weighted by atomic mass is 9.57. The molecule has 0 saturated heterocycles. The lowest BCUT2D eigenvalue weighted by Gasteiger charge is -2.56. The number of fused-ring (bicyclic) bond motifs is 2. The van der Waals surface area contributed by atoms with E-state index in [-0.39, 0.29) is 0 Å². The smallest absolute Gasteiger partial charge is 0.0884 e. The van der Waals surface area contributed by atoms with Gasteiger partial charge in [0.25, 0.3) is 0 Å². The van der Waals surface area contributed by atoms with Crippen LogP contribution in [0.25, 0.3) is 0 Å². The van der Waals surface area contributed by atoms with Crippen LogP contribution in [0.15, 0.2) is 0 Å². The van der Waals surface area contributed by atoms with E-state index in [9.17, 15) is 0 Å². The molecule has 3 aliphatic rings. The fourth-order valence-electron chi connectivity index (χ4n) is 2.64. The summed E-state index contributed by atoms with van der Waals surface area (Å²) in [6.07, 6.45) is 3.73. The van der Waals surface area contributed by atoms with Crippen LogP contribution in [0.4, 0.5) is 0 Å². The van der Waals surface area contributed by atoms with Crippen molar-refractivity contribution in [3.8, 4) is 0 Å². The first-order valence-corrected chi connectivity index (χ1v) is 6.27. The highest BCUT2D eigenvalue weighted by Gasteiger charge is 2.58. The minimum Gasteiger partial charge on any atom is -0.0884 e. The van der Waals surface area contributed by atoms with E-state index in [4.69, 9.17) is 34.8 Å². The van der Waals surface area contributed by atoms with Crippen molar-refractivity contribution < 1.29 is 0 Å². The Bertz CT molecular complexity index is 177. The highest BCUT2D eigenvalue weighted by Crippen LogP contribution is 2.61. The first-order chi connectivity index (χ1) is 5.52. The van der Waals surface area contributed by atoms with Crippen molar-refractivity contribution >= 4 is 50.7 Å². The third-order valence-corrected chi connectivity index (χ3v) is 5.31. The van der Waals surface area contributed by atoms with E-state index in [1.165, 1.54) is 19.3 Å². The Morgan fingerprint density at radius 2 is 1.58 bits per heavy atom. The van der Waals surface area contributed by atoms with Crippen molar-refractivity contribution in [2.45, 2.75) is 27.9 Å². The molecular formula is C8H10BrCl3. The highest BCUT2D eigenvalue weighted by atomic mass is 79.9. The van der Waals surface area contributed by atoms with Crippen LogP contribution >= 0.6 is 50.7 Å². The van der Waals surface area contributed by atoms with E-state index >= 15 is 0 Å². The SMILES string of the molecule is ClC(Cl)(Cl)C1[C@H]2CCC[C@H]1C2Br. The Labute approximate surface area is 96.1 Å². The van der Waals surface area contributed by atoms with E-state index in [0.29, 0.717) is 22.6 Å². The topological polar surface area (TPSA) is 0 Å². The summed E-state index contributed by atoms with van der Waals surface area (Å²) in [5.74, 6) is 1.48. The highest BCUT2D eigenvalue weighted by molar-refractivity contribution is 9.09. The fourth-order valence-corrected chi connectivity index (χ4v) is 4.80. The molecule has 0 nitrogen and oxygen atoms in total. The second kappa shape index (κ2) is 3.18. The molecule has 4 heteroatoms. The maximum atomic E-state index is 5.91. The molecule has 3 aliphatic carbocycles. The molecule has 0 aliphatic heterocycles. The number of hydrogen-bond donors (Lipinski definition) is 0. The van der Waals surface area contributed by atoms with Gasteiger partial charge in [-0.1, -0.05) is 57.2 Å². The van der Waals surface area contributed by atoms with Gasteiger partial charge in [0, 0.05) is 10.7 Å². The monoisotopic (exact) mass is 290 g/mol. The summed E-state index contributed by atoms with van der Waals surface area (Å²) in [4.78, 5) is 0.604. The van der Waals surface area contributed by atoms with Crippen LogP contribution in [0, 0.1) is 17.8 Å². The van der Waals surface area contributed by atoms with Crippen LogP contribution in [0.1, 0.15) is 19.3 Å². The molecular weight excluding hydrogens is 282 g/mol. The van der Waals surface area contributed by atoms with Crippen LogP contribution in [-0.2, 0) is 0 Å². The van der Waals surface area contributed by atoms with E-state index in [1.54, 1.807) is 0 Å². The van der Waals surface area contributed by atoms with Gasteiger partial charge in [-0.25, -0.2) is 0 Å². The summed E-state index contributed by atoms with van der Waals surface area (Å²) in [5.41, 5.74) is 0. The Kier molecular flexibility index (Phi) is 2.62. The summed E-state index contributed by atoms with van der Waals surface area (Å²) in [6, 6.07) is 0. The Hall–Kier alpha value is 1.35. The van der Waals surface area contributed by atoms with Gasteiger partial charge in [-0.2, -0.15) is 0 Å². The van der Waals surface area contributed by atoms with Crippen molar-refractivity contribution in [3.05, 3.63) is 0 Å². The summed E-state index contributed by atoms with van der Waals surface area (Å²) in [5, 5.41) is 0. The zero-order valence-corrected chi connectivity index (χ0v) is 10.3. The van der Waals surface area contributed by atoms with Crippen LogP contribution in [0.5, 0.6) is 0 Å². The zero-order chi connectivity index (χ0) is 8.93. The minimum absolute atomic E-state index is 0.292. The Morgan fingerprint density at radius 3 is 1.83 bits per heavy atom. The summed E-state index contributed by atoms with van der Waals surface area (Å²) < 4.78 is -1.04. The summed E-state index contributed by atoms with van der Waals surface area (Å²) >= 11 is 21.4. The molecule has 3 saturated carbocycles. The first-order valence-electron chi connectivity index (χ1n) is 4.22. The van der Waals surface area contributed by atoms with Gasteiger partial charge in [-0.3, -0.25) is 0 Å². The number of hydrogen-bond acceptors (Lipinski definition) is 0. The van der Waals surface area contributed by atoms with Crippen LogP contribution < -0.4 is 0 Å². The zero-order valence-electron chi connectivity index (χ0n) is 6.44. The molecule has 0 radical (unpaired) electrons. The number of halogens is 4. The van der Waals surface area contributed by atoms with Crippen molar-refractivity contribution in [2.75, 3.05) is 0 Å². The maximum absolute atomic E-state index is 5.91. The van der Waals surface area contributed by atoms with E-state index in [2.05, 4.69) is 15.9 Å². The summed E-state index contributed by atoms with van der Waals surface area (Å²) in [6.45, 7) is 0. The minimum atomic E-state index is -1.04. The molecule has 0 aromatic rings. The number of alkyl halides is 4. The predicted octanol–water partition coefficient (Wildman–Crippen LogP) is 4.17. The second-order valence-electron chi connectivity index (χ2n) is 3.77. The molecule has 0 amide bonds. The van der Waals surface area contributed by atoms with E-state index < -0.39 is 3.79 Å². The molecule has 2 bridgehead atoms. The van der Waals surface area contributed by atoms with E-state index in [1.807, 2.05) is 0 Å². The van der Waals surface area contributed by atoms with Gasteiger partial charge in [0.1, 0.15) is 0 Å². The lowest BCUT2D eigenvalue weighted by Crippen LogP contribution is -2.56. The van der Waals surface area contributed by atoms with Crippen molar-refractivity contribution in [1.82, 2.24) is 0 Å². The molecule has 0 aromatic carbocycles. The average molecular weight is 292 g/mol. The summed E-state index contributed by atoms with van der Waals surface area (Å²) in [7, 11) is 0. The largest absolute Gasteiger partial charge is 0.194 e. The first kappa shape index (κ1) is 9.89. The lowest BCUT2D eigenvalue weighted by molar-refractivity contribution is 0.0321. The molecule has 0 spiro atoms. The molecule has 2 atom stereocenters. The molecule has 0 N–H and O–H groups in total. The fraction of sp³-hybridized carbons (Fsp3) is 1.00. The molecule has 0 heterocycles. The van der Waals surface area contributed by atoms with Gasteiger partial charge in [-0.05, 0) is 24.7 Å². The van der Waals surface area contributed by atoms with E-state index in [0.717, 1.165) is 0 Å². The van der Waals surface area contributed by atoms with Gasteiger partial charge >= 0.3 is 0 Å². The second-order valence-corrected chi connectivity index (χ2v) is 7.20. The van der Waals surface area contributed by atoms with Gasteiger partial charge in [-0.15, -0.1) is 0 Å². The van der Waals surface area contributed by atoms with Crippen molar-refractivity contribution in [2.24, 2.45) is 17.8 Å².